The lowest BCUT2D eigenvalue weighted by molar-refractivity contribution is -0.137. The van der Waals surface area contributed by atoms with Gasteiger partial charge in [0, 0.05) is 52.6 Å². The number of fused-ring (bicyclic) bond motifs is 18. The van der Waals surface area contributed by atoms with E-state index in [-0.39, 0.29) is 5.41 Å². The second-order valence-electron chi connectivity index (χ2n) is 37.3. The summed E-state index contributed by atoms with van der Waals surface area (Å²) in [5.41, 5.74) is 36.9. The van der Waals surface area contributed by atoms with Crippen LogP contribution in [-0.2, 0) is 11.6 Å². The summed E-state index contributed by atoms with van der Waals surface area (Å²) in [4.78, 5) is 1.35. The van der Waals surface area contributed by atoms with E-state index in [4.69, 9.17) is 0 Å². The number of benzene rings is 18. The summed E-state index contributed by atoms with van der Waals surface area (Å²) >= 11 is 3.67. The van der Waals surface area contributed by atoms with Gasteiger partial charge >= 0.3 is 6.18 Å². The average molecular weight is 1890 g/mol. The molecule has 1 spiro atoms. The Morgan fingerprint density at radius 3 is 0.950 bits per heavy atom. The Bertz CT molecular complexity index is 7490. The summed E-state index contributed by atoms with van der Waals surface area (Å²) in [6.07, 6.45) is -4.23. The Morgan fingerprint density at radius 1 is 0.236 bits per heavy atom. The van der Waals surface area contributed by atoms with E-state index in [1.807, 2.05) is 11.3 Å². The van der Waals surface area contributed by atoms with Crippen molar-refractivity contribution in [3.8, 4) is 38.4 Å². The maximum Gasteiger partial charge on any atom is 0.416 e. The van der Waals surface area contributed by atoms with Gasteiger partial charge < -0.3 is 4.57 Å². The first-order valence-corrected chi connectivity index (χ1v) is 49.1. The molecule has 0 unspecified atom stereocenters. The molecule has 0 saturated heterocycles. The molecular weight excluding hydrogens is 1770 g/mol. The van der Waals surface area contributed by atoms with Crippen LogP contribution in [0, 0.1) is 162 Å². The number of para-hydroxylation sites is 1. The van der Waals surface area contributed by atoms with E-state index in [0.29, 0.717) is 11.1 Å². The van der Waals surface area contributed by atoms with E-state index >= 15 is 0 Å². The Labute approximate surface area is 829 Å². The molecule has 0 bridgehead atoms. The van der Waals surface area contributed by atoms with E-state index in [1.54, 1.807) is 31.3 Å². The molecule has 18 aromatic carbocycles. The van der Waals surface area contributed by atoms with Crippen LogP contribution in [0.1, 0.15) is 139 Å². The average Bonchev–Trinajstić information content (AvgIpc) is 1.51. The molecule has 1 nitrogen and oxygen atoms in total. The highest BCUT2D eigenvalue weighted by atomic mass is 32.1. The van der Waals surface area contributed by atoms with Gasteiger partial charge in [0.25, 0.3) is 0 Å². The maximum absolute atomic E-state index is 12.7. The number of alkyl halides is 3. The maximum atomic E-state index is 12.7. The number of rotatable bonds is 2. The molecule has 23 rings (SSSR count). The van der Waals surface area contributed by atoms with Gasteiger partial charge in [0.2, 0.25) is 0 Å². The van der Waals surface area contributed by atoms with E-state index in [9.17, 15) is 30.7 Å². The number of halogens is 7. The van der Waals surface area contributed by atoms with Crippen molar-refractivity contribution >= 4 is 86.2 Å². The van der Waals surface area contributed by atoms with Crippen LogP contribution >= 0.6 is 22.7 Å². The molecule has 0 N–H and O–H groups in total. The molecule has 10 heteroatoms. The van der Waals surface area contributed by atoms with Gasteiger partial charge in [0.05, 0.1) is 22.0 Å². The molecule has 3 aromatic heterocycles. The Balaban J connectivity index is 0.000000127. The van der Waals surface area contributed by atoms with Crippen LogP contribution in [0.5, 0.6) is 0 Å². The summed E-state index contributed by atoms with van der Waals surface area (Å²) < 4.78 is 92.2. The summed E-state index contributed by atoms with van der Waals surface area (Å²) in [6.45, 7) is 39.6. The normalized spacial score (nSPS) is 11.4. The molecule has 0 fully saturated rings. The number of hydrogen-bond acceptors (Lipinski definition) is 2. The lowest BCUT2D eigenvalue weighted by Crippen LogP contribution is -2.26. The summed E-state index contributed by atoms with van der Waals surface area (Å²) in [7, 11) is 0. The zero-order valence-electron chi connectivity index (χ0n) is 83.6. The first-order valence-electron chi connectivity index (χ1n) is 47.4. The SMILES string of the molecule is Cc1c(F)c(F)c(C)c(F)c1F.Cc1cc(C)cc(-c2cccs2)c1.Cc1cc(C)cc(C(F)(F)F)c1.Cc1ccc(C)c2ccccc12.Cc1ccc(C)cc1.Cc1ccc2c(c1)C1(c3ccccc3-2)c2ccccc2-c2ccc(C)cc21.Cc1ccc2c(c1)c1cc(C)ccc1n2-c1ccccc1.Cc1ccc2sc3ccc(C)cc3c2c1.Cc1cccc(C)c1.Cc1cccc2c(C)cccc12. The van der Waals surface area contributed by atoms with Gasteiger partial charge in [-0.25, -0.2) is 17.6 Å². The highest BCUT2D eigenvalue weighted by Gasteiger charge is 2.51. The van der Waals surface area contributed by atoms with Crippen molar-refractivity contribution in [1.29, 1.82) is 0 Å². The van der Waals surface area contributed by atoms with Gasteiger partial charge in [-0.05, 0) is 317 Å². The third-order valence-electron chi connectivity index (χ3n) is 25.7. The summed E-state index contributed by atoms with van der Waals surface area (Å²) in [6, 6.07) is 127. The van der Waals surface area contributed by atoms with Crippen molar-refractivity contribution in [2.45, 2.75) is 150 Å². The van der Waals surface area contributed by atoms with Crippen molar-refractivity contribution in [2.24, 2.45) is 0 Å². The minimum absolute atomic E-state index is 0.199. The first kappa shape index (κ1) is 102. The number of nitrogens with zero attached hydrogens (tertiary/aromatic N) is 1. The van der Waals surface area contributed by atoms with Gasteiger partial charge in [-0.15, -0.1) is 22.7 Å². The van der Waals surface area contributed by atoms with E-state index in [2.05, 4.69) is 460 Å². The molecular formula is C130H120F7NS2. The monoisotopic (exact) mass is 1890 g/mol. The van der Waals surface area contributed by atoms with Crippen molar-refractivity contribution in [1.82, 2.24) is 4.57 Å². The van der Waals surface area contributed by atoms with Gasteiger partial charge in [0.1, 0.15) is 0 Å². The lowest BCUT2D eigenvalue weighted by Gasteiger charge is -2.30. The van der Waals surface area contributed by atoms with Crippen molar-refractivity contribution in [3.05, 3.63) is 526 Å². The lowest BCUT2D eigenvalue weighted by atomic mass is 9.70. The summed E-state index contributed by atoms with van der Waals surface area (Å²) in [5, 5.41) is 13.1. The third kappa shape index (κ3) is 23.3. The fourth-order valence-corrected chi connectivity index (χ4v) is 20.5. The zero-order valence-corrected chi connectivity index (χ0v) is 85.2. The molecule has 2 aliphatic carbocycles. The van der Waals surface area contributed by atoms with Crippen LogP contribution in [-0.4, -0.2) is 4.57 Å². The predicted molar refractivity (Wildman–Crippen MR) is 586 cm³/mol. The van der Waals surface area contributed by atoms with Gasteiger partial charge in [-0.1, -0.05) is 357 Å². The molecule has 0 amide bonds. The smallest absolute Gasteiger partial charge is 0.309 e. The van der Waals surface area contributed by atoms with Crippen molar-refractivity contribution < 1.29 is 30.7 Å². The number of aromatic nitrogens is 1. The molecule has 3 heterocycles. The van der Waals surface area contributed by atoms with Gasteiger partial charge in [0.15, 0.2) is 23.3 Å². The number of aryl methyl sites for hydroxylation is 18. The van der Waals surface area contributed by atoms with Crippen molar-refractivity contribution in [3.63, 3.8) is 0 Å². The Morgan fingerprint density at radius 2 is 0.557 bits per heavy atom. The van der Waals surface area contributed by atoms with E-state index in [1.165, 1.54) is 213 Å². The second-order valence-corrected chi connectivity index (χ2v) is 39.3. The predicted octanol–water partition coefficient (Wildman–Crippen LogP) is 38.5. The Kier molecular flexibility index (Phi) is 32.4. The van der Waals surface area contributed by atoms with Crippen LogP contribution in [0.2, 0.25) is 0 Å². The quantitative estimate of drug-likeness (QED) is 0.120. The van der Waals surface area contributed by atoms with E-state index in [0.717, 1.165) is 26.0 Å². The minimum Gasteiger partial charge on any atom is -0.309 e. The van der Waals surface area contributed by atoms with Crippen LogP contribution in [0.3, 0.4) is 0 Å². The summed E-state index contributed by atoms with van der Waals surface area (Å²) in [5.74, 6) is -5.31. The van der Waals surface area contributed by atoms with Gasteiger partial charge in [-0.2, -0.15) is 13.2 Å². The zero-order chi connectivity index (χ0) is 100. The fourth-order valence-electron chi connectivity index (χ4n) is 18.7. The second kappa shape index (κ2) is 44.7. The highest BCUT2D eigenvalue weighted by Crippen LogP contribution is 2.63. The third-order valence-corrected chi connectivity index (χ3v) is 27.7. The first-order chi connectivity index (χ1) is 66.9. The Hall–Kier alpha value is -14.3. The largest absolute Gasteiger partial charge is 0.416 e. The molecule has 21 aromatic rings. The fraction of sp³-hybridized carbons (Fsp3) is 0.169. The molecule has 2 aliphatic rings. The molecule has 140 heavy (non-hydrogen) atoms. The van der Waals surface area contributed by atoms with Crippen LogP contribution in [0.25, 0.3) is 102 Å². The molecule has 0 atom stereocenters. The number of hydrogen-bond donors (Lipinski definition) is 0. The number of thiophene rings is 2. The minimum atomic E-state index is -4.23. The molecule has 0 aliphatic heterocycles. The van der Waals surface area contributed by atoms with E-state index < -0.39 is 46.1 Å². The molecule has 0 radical (unpaired) electrons. The highest BCUT2D eigenvalue weighted by molar-refractivity contribution is 7.25. The van der Waals surface area contributed by atoms with Crippen LogP contribution < -0.4 is 0 Å². The topological polar surface area (TPSA) is 4.93 Å². The molecule has 0 saturated carbocycles. The van der Waals surface area contributed by atoms with Crippen LogP contribution in [0.15, 0.2) is 363 Å². The standard InChI is InChI=1S/C27H20.C20H17N.C14H12S.C12H12S.2C12H12.C9H9F3.C8H6F4.2C8H10/c1-17-11-13-21-19-7-3-5-9-23(19)27(25(21)15-17)24-10-6-4-8-20(24)22-14-12-18(2)16-26(22)27;1-14-8-10-19-17(12-14)18-13-15(2)9-11-20(18)21(19)16-6-4-3-5-7-16;1-9-3-5-13-11(7-9)12-8-10(2)4-6-14(12)15-13;1-9-6-10(2)8-11(7-9)12-4-3-5-13-12;1-9-5-3-8-12-10(2)6-4-7-11(9)12;1-9-7-8-10(2)12-6-4-3-5-11(9)12;1-6-3-7(2)5-8(4-6)9(10,11)12;1-3-5(9)7(11)4(2)8(12)6(3)10;1-7-3-5-8(2)6-4-7;1-7-4-3-5-8(2)6-7/h3-16H,1-2H3;3-13H,1-2H3;3-8H,1-2H3;3-8H,1-2H3;2*3-8H,1-2H3;3-5H,1-2H3;1-2H3;2*3-6H,1-2H3. The molecule has 706 valence electrons. The van der Waals surface area contributed by atoms with Gasteiger partial charge in [-0.3, -0.25) is 0 Å². The van der Waals surface area contributed by atoms with Crippen molar-refractivity contribution in [2.75, 3.05) is 0 Å². The van der Waals surface area contributed by atoms with Crippen LogP contribution in [0.4, 0.5) is 30.7 Å².